The van der Waals surface area contributed by atoms with E-state index in [1.165, 1.54) is 6.92 Å². The smallest absolute Gasteiger partial charge is 0.231 e. The van der Waals surface area contributed by atoms with Gasteiger partial charge in [-0.3, -0.25) is 4.79 Å². The minimum Gasteiger partial charge on any atom is -0.507 e. The van der Waals surface area contributed by atoms with Crippen molar-refractivity contribution in [1.82, 2.24) is 10.6 Å². The molecule has 1 amide bonds. The Kier molecular flexibility index (Phi) is 3.88. The molecule has 0 bridgehead atoms. The molecule has 0 unspecified atom stereocenters. The van der Waals surface area contributed by atoms with Gasteiger partial charge in [0.25, 0.3) is 0 Å². The molecule has 0 saturated carbocycles. The summed E-state index contributed by atoms with van der Waals surface area (Å²) in [5.41, 5.74) is 0.738. The zero-order chi connectivity index (χ0) is 13.0. The van der Waals surface area contributed by atoms with E-state index in [1.807, 2.05) is 0 Å². The van der Waals surface area contributed by atoms with Crippen LogP contribution in [0.1, 0.15) is 12.5 Å². The molecule has 3 N–H and O–H groups in total. The van der Waals surface area contributed by atoms with E-state index >= 15 is 0 Å². The maximum atomic E-state index is 10.6. The van der Waals surface area contributed by atoms with Gasteiger partial charge in [-0.2, -0.15) is 0 Å². The van der Waals surface area contributed by atoms with Crippen molar-refractivity contribution in [2.24, 2.45) is 0 Å². The SMILES string of the molecule is CC(=O)NCCNCc1cc2c(cc1O)OCO2. The number of rotatable bonds is 5. The van der Waals surface area contributed by atoms with Crippen LogP contribution in [0.3, 0.4) is 0 Å². The topological polar surface area (TPSA) is 79.8 Å². The lowest BCUT2D eigenvalue weighted by molar-refractivity contribution is -0.118. The number of hydrogen-bond acceptors (Lipinski definition) is 5. The van der Waals surface area contributed by atoms with Crippen molar-refractivity contribution in [2.45, 2.75) is 13.5 Å². The third-order valence-electron chi connectivity index (χ3n) is 2.57. The summed E-state index contributed by atoms with van der Waals surface area (Å²) in [4.78, 5) is 10.6. The molecule has 1 aromatic carbocycles. The van der Waals surface area contributed by atoms with Crippen LogP contribution in [0.5, 0.6) is 17.2 Å². The Bertz CT molecular complexity index is 448. The zero-order valence-corrected chi connectivity index (χ0v) is 10.2. The van der Waals surface area contributed by atoms with E-state index in [0.29, 0.717) is 31.1 Å². The van der Waals surface area contributed by atoms with Crippen molar-refractivity contribution in [3.63, 3.8) is 0 Å². The Morgan fingerprint density at radius 2 is 2.06 bits per heavy atom. The molecule has 1 heterocycles. The molecule has 0 fully saturated rings. The van der Waals surface area contributed by atoms with E-state index < -0.39 is 0 Å². The number of nitrogens with one attached hydrogen (secondary N) is 2. The second-order valence-corrected chi connectivity index (χ2v) is 3.99. The summed E-state index contributed by atoms with van der Waals surface area (Å²) < 4.78 is 10.4. The molecule has 0 aromatic heterocycles. The van der Waals surface area contributed by atoms with E-state index in [9.17, 15) is 9.90 Å². The summed E-state index contributed by atoms with van der Waals surface area (Å²) in [5.74, 6) is 1.33. The molecule has 0 radical (unpaired) electrons. The van der Waals surface area contributed by atoms with Gasteiger partial charge < -0.3 is 25.2 Å². The lowest BCUT2D eigenvalue weighted by Crippen LogP contribution is -2.29. The first-order valence-corrected chi connectivity index (χ1v) is 5.73. The molecule has 0 spiro atoms. The molecule has 98 valence electrons. The average molecular weight is 252 g/mol. The van der Waals surface area contributed by atoms with Gasteiger partial charge in [-0.15, -0.1) is 0 Å². The molecule has 1 aliphatic rings. The number of carbonyl (C=O) groups is 1. The summed E-state index contributed by atoms with van der Waals surface area (Å²) in [5, 5.41) is 15.6. The van der Waals surface area contributed by atoms with Gasteiger partial charge in [-0.05, 0) is 6.07 Å². The van der Waals surface area contributed by atoms with Crippen molar-refractivity contribution in [2.75, 3.05) is 19.9 Å². The average Bonchev–Trinajstić information content (AvgIpc) is 2.75. The maximum Gasteiger partial charge on any atom is 0.231 e. The molecule has 1 aliphatic heterocycles. The van der Waals surface area contributed by atoms with Crippen LogP contribution in [-0.4, -0.2) is 30.9 Å². The van der Waals surface area contributed by atoms with Gasteiger partial charge in [0.2, 0.25) is 12.7 Å². The summed E-state index contributed by atoms with van der Waals surface area (Å²) in [6.45, 7) is 3.36. The molecule has 0 atom stereocenters. The summed E-state index contributed by atoms with van der Waals surface area (Å²) in [7, 11) is 0. The normalized spacial score (nSPS) is 12.5. The number of aromatic hydroxyl groups is 1. The quantitative estimate of drug-likeness (QED) is 0.659. The van der Waals surface area contributed by atoms with E-state index in [0.717, 1.165) is 5.56 Å². The largest absolute Gasteiger partial charge is 0.507 e. The molecule has 0 aliphatic carbocycles. The van der Waals surface area contributed by atoms with E-state index in [4.69, 9.17) is 9.47 Å². The fraction of sp³-hybridized carbons (Fsp3) is 0.417. The van der Waals surface area contributed by atoms with Crippen LogP contribution in [0.15, 0.2) is 12.1 Å². The molecular formula is C12H16N2O4. The second-order valence-electron chi connectivity index (χ2n) is 3.99. The summed E-state index contributed by atoms with van der Waals surface area (Å²) in [6.07, 6.45) is 0. The number of ether oxygens (including phenoxy) is 2. The summed E-state index contributed by atoms with van der Waals surface area (Å²) >= 11 is 0. The highest BCUT2D eigenvalue weighted by Crippen LogP contribution is 2.37. The fourth-order valence-electron chi connectivity index (χ4n) is 1.66. The number of phenolic OH excluding ortho intramolecular Hbond substituents is 1. The van der Waals surface area contributed by atoms with Gasteiger partial charge in [0, 0.05) is 38.2 Å². The van der Waals surface area contributed by atoms with Crippen LogP contribution in [0.2, 0.25) is 0 Å². The van der Waals surface area contributed by atoms with Crippen LogP contribution >= 0.6 is 0 Å². The first kappa shape index (κ1) is 12.5. The predicted octanol–water partition coefficient (Wildman–Crippen LogP) is 0.347. The van der Waals surface area contributed by atoms with Gasteiger partial charge in [-0.1, -0.05) is 0 Å². The maximum absolute atomic E-state index is 10.6. The first-order chi connectivity index (χ1) is 8.66. The van der Waals surface area contributed by atoms with Crippen LogP contribution in [-0.2, 0) is 11.3 Å². The third-order valence-corrected chi connectivity index (χ3v) is 2.57. The number of amides is 1. The lowest BCUT2D eigenvalue weighted by atomic mass is 10.1. The minimum atomic E-state index is -0.0530. The van der Waals surface area contributed by atoms with Crippen molar-refractivity contribution < 1.29 is 19.4 Å². The lowest BCUT2D eigenvalue weighted by Gasteiger charge is -2.08. The molecule has 18 heavy (non-hydrogen) atoms. The van der Waals surface area contributed by atoms with Crippen molar-refractivity contribution >= 4 is 5.91 Å². The Hall–Kier alpha value is -1.95. The second kappa shape index (κ2) is 5.59. The molecule has 2 rings (SSSR count). The van der Waals surface area contributed by atoms with Crippen LogP contribution in [0.25, 0.3) is 0 Å². The Morgan fingerprint density at radius 1 is 1.33 bits per heavy atom. The van der Waals surface area contributed by atoms with Crippen LogP contribution < -0.4 is 20.1 Å². The van der Waals surface area contributed by atoms with Crippen LogP contribution in [0, 0.1) is 0 Å². The van der Waals surface area contributed by atoms with Crippen molar-refractivity contribution in [1.29, 1.82) is 0 Å². The standard InChI is InChI=1S/C12H16N2O4/c1-8(15)14-3-2-13-6-9-4-11-12(5-10(9)16)18-7-17-11/h4-5,13,16H,2-3,6-7H2,1H3,(H,14,15). The number of benzene rings is 1. The van der Waals surface area contributed by atoms with Crippen molar-refractivity contribution in [3.8, 4) is 17.2 Å². The molecule has 6 nitrogen and oxygen atoms in total. The zero-order valence-electron chi connectivity index (χ0n) is 10.2. The number of phenols is 1. The monoisotopic (exact) mass is 252 g/mol. The minimum absolute atomic E-state index is 0.0530. The molecule has 0 saturated heterocycles. The molecule has 1 aromatic rings. The van der Waals surface area contributed by atoms with Crippen molar-refractivity contribution in [3.05, 3.63) is 17.7 Å². The fourth-order valence-corrected chi connectivity index (χ4v) is 1.66. The highest BCUT2D eigenvalue weighted by atomic mass is 16.7. The van der Waals surface area contributed by atoms with Gasteiger partial charge in [0.1, 0.15) is 5.75 Å². The molecule has 6 heteroatoms. The number of fused-ring (bicyclic) bond motifs is 1. The Balaban J connectivity index is 1.84. The van der Waals surface area contributed by atoms with Gasteiger partial charge in [0.15, 0.2) is 11.5 Å². The predicted molar refractivity (Wildman–Crippen MR) is 64.6 cm³/mol. The number of hydrogen-bond donors (Lipinski definition) is 3. The highest BCUT2D eigenvalue weighted by molar-refractivity contribution is 5.72. The van der Waals surface area contributed by atoms with Gasteiger partial charge in [0.05, 0.1) is 0 Å². The Labute approximate surface area is 105 Å². The molecular weight excluding hydrogens is 236 g/mol. The third kappa shape index (κ3) is 3.04. The van der Waals surface area contributed by atoms with E-state index in [-0.39, 0.29) is 18.4 Å². The first-order valence-electron chi connectivity index (χ1n) is 5.73. The van der Waals surface area contributed by atoms with Gasteiger partial charge >= 0.3 is 0 Å². The Morgan fingerprint density at radius 3 is 2.78 bits per heavy atom. The highest BCUT2D eigenvalue weighted by Gasteiger charge is 2.16. The van der Waals surface area contributed by atoms with E-state index in [1.54, 1.807) is 12.1 Å². The summed E-state index contributed by atoms with van der Waals surface area (Å²) in [6, 6.07) is 3.30. The van der Waals surface area contributed by atoms with Gasteiger partial charge in [-0.25, -0.2) is 0 Å². The van der Waals surface area contributed by atoms with E-state index in [2.05, 4.69) is 10.6 Å². The number of carbonyl (C=O) groups excluding carboxylic acids is 1. The van der Waals surface area contributed by atoms with Crippen LogP contribution in [0.4, 0.5) is 0 Å².